The fourth-order valence-electron chi connectivity index (χ4n) is 2.46. The van der Waals surface area contributed by atoms with E-state index in [0.29, 0.717) is 12.2 Å². The van der Waals surface area contributed by atoms with Crippen LogP contribution in [0.5, 0.6) is 0 Å². The van der Waals surface area contributed by atoms with E-state index >= 15 is 0 Å². The molecular formula is C13H13NO2S. The largest absolute Gasteiger partial charge is 0.300 e. The van der Waals surface area contributed by atoms with Gasteiger partial charge in [0.05, 0.1) is 0 Å². The van der Waals surface area contributed by atoms with Crippen LogP contribution in [0, 0.1) is 5.92 Å². The number of para-hydroxylation sites is 1. The molecule has 3 rings (SSSR count). The molecule has 0 aliphatic carbocycles. The second kappa shape index (κ2) is 3.88. The van der Waals surface area contributed by atoms with Crippen molar-refractivity contribution in [2.45, 2.75) is 19.4 Å². The third-order valence-corrected chi connectivity index (χ3v) is 4.61. The monoisotopic (exact) mass is 247 g/mol. The predicted molar refractivity (Wildman–Crippen MR) is 68.0 cm³/mol. The first-order valence-corrected chi connectivity index (χ1v) is 6.74. The molecule has 1 aromatic carbocycles. The zero-order valence-corrected chi connectivity index (χ0v) is 10.4. The van der Waals surface area contributed by atoms with Gasteiger partial charge in [0.25, 0.3) is 0 Å². The summed E-state index contributed by atoms with van der Waals surface area (Å²) in [6.45, 7) is 1.89. The van der Waals surface area contributed by atoms with Crippen molar-refractivity contribution in [3.63, 3.8) is 0 Å². The third kappa shape index (κ3) is 1.59. The molecule has 1 amide bonds. The molecule has 17 heavy (non-hydrogen) atoms. The summed E-state index contributed by atoms with van der Waals surface area (Å²) < 4.78 is 0. The number of amides is 1. The van der Waals surface area contributed by atoms with Crippen molar-refractivity contribution >= 4 is 28.5 Å². The van der Waals surface area contributed by atoms with Crippen molar-refractivity contribution in [1.29, 1.82) is 0 Å². The number of hydrogen-bond donors (Lipinski definition) is 0. The van der Waals surface area contributed by atoms with Crippen LogP contribution in [0.2, 0.25) is 0 Å². The first kappa shape index (κ1) is 10.8. The molecule has 1 saturated heterocycles. The molecule has 1 unspecified atom stereocenters. The van der Waals surface area contributed by atoms with Crippen molar-refractivity contribution in [3.8, 4) is 0 Å². The lowest BCUT2D eigenvalue weighted by atomic mass is 10.1. The summed E-state index contributed by atoms with van der Waals surface area (Å²) in [5.41, 5.74) is 2.03. The molecule has 2 aliphatic rings. The van der Waals surface area contributed by atoms with Crippen molar-refractivity contribution in [1.82, 2.24) is 0 Å². The van der Waals surface area contributed by atoms with Crippen LogP contribution in [-0.4, -0.2) is 22.8 Å². The van der Waals surface area contributed by atoms with Gasteiger partial charge in [0.2, 0.25) is 11.0 Å². The number of fused-ring (bicyclic) bond motifs is 3. The number of benzene rings is 1. The van der Waals surface area contributed by atoms with Gasteiger partial charge in [-0.25, -0.2) is 0 Å². The average molecular weight is 247 g/mol. The van der Waals surface area contributed by atoms with Gasteiger partial charge in [-0.1, -0.05) is 36.9 Å². The number of thioether (sulfide) groups is 1. The quantitative estimate of drug-likeness (QED) is 0.702. The molecule has 0 spiro atoms. The summed E-state index contributed by atoms with van der Waals surface area (Å²) >= 11 is 1.30. The Bertz CT molecular complexity index is 500. The Morgan fingerprint density at radius 3 is 2.88 bits per heavy atom. The van der Waals surface area contributed by atoms with E-state index in [-0.39, 0.29) is 23.0 Å². The van der Waals surface area contributed by atoms with Gasteiger partial charge in [-0.15, -0.1) is 0 Å². The number of nitrogens with zero attached hydrogens (tertiary/aromatic N) is 1. The van der Waals surface area contributed by atoms with E-state index in [1.807, 2.05) is 31.2 Å². The molecule has 0 radical (unpaired) electrons. The highest BCUT2D eigenvalue weighted by atomic mass is 32.2. The Kier molecular flexibility index (Phi) is 2.47. The minimum Gasteiger partial charge on any atom is -0.300 e. The van der Waals surface area contributed by atoms with Crippen molar-refractivity contribution in [2.24, 2.45) is 5.92 Å². The highest BCUT2D eigenvalue weighted by molar-refractivity contribution is 8.13. The number of anilines is 1. The van der Waals surface area contributed by atoms with Crippen LogP contribution >= 0.6 is 11.8 Å². The normalized spacial score (nSPS) is 27.7. The maximum atomic E-state index is 12.3. The Morgan fingerprint density at radius 1 is 1.29 bits per heavy atom. The van der Waals surface area contributed by atoms with Crippen LogP contribution in [0.1, 0.15) is 12.5 Å². The van der Waals surface area contributed by atoms with Gasteiger partial charge in [0, 0.05) is 23.8 Å². The van der Waals surface area contributed by atoms with Crippen LogP contribution in [0.25, 0.3) is 0 Å². The lowest BCUT2D eigenvalue weighted by Gasteiger charge is -2.23. The Balaban J connectivity index is 2.09. The van der Waals surface area contributed by atoms with E-state index in [1.54, 1.807) is 4.90 Å². The topological polar surface area (TPSA) is 37.4 Å². The standard InChI is InChI=1S/C13H13NO2S/c1-8-7-17-13(16)11-6-9-4-2-3-5-10(9)14(11)12(8)15/h2-5,8,11H,6-7H2,1H3/t8-,11?/m0/s1. The number of hydrogen-bond acceptors (Lipinski definition) is 3. The summed E-state index contributed by atoms with van der Waals surface area (Å²) in [5.74, 6) is 0.603. The van der Waals surface area contributed by atoms with E-state index in [4.69, 9.17) is 0 Å². The second-order valence-corrected chi connectivity index (χ2v) is 5.61. The molecule has 4 heteroatoms. The van der Waals surface area contributed by atoms with Gasteiger partial charge in [0.1, 0.15) is 6.04 Å². The number of carbonyl (C=O) groups is 2. The van der Waals surface area contributed by atoms with Crippen molar-refractivity contribution < 1.29 is 9.59 Å². The molecule has 2 heterocycles. The van der Waals surface area contributed by atoms with Gasteiger partial charge in [-0.2, -0.15) is 0 Å². The zero-order valence-electron chi connectivity index (χ0n) is 9.55. The fraction of sp³-hybridized carbons (Fsp3) is 0.385. The summed E-state index contributed by atoms with van der Waals surface area (Å²) in [6, 6.07) is 7.52. The smallest absolute Gasteiger partial charge is 0.231 e. The molecule has 2 aliphatic heterocycles. The number of rotatable bonds is 0. The Morgan fingerprint density at radius 2 is 2.06 bits per heavy atom. The molecule has 1 fully saturated rings. The Labute approximate surface area is 104 Å². The minimum absolute atomic E-state index is 0.0818. The molecule has 0 aromatic heterocycles. The van der Waals surface area contributed by atoms with E-state index in [9.17, 15) is 9.59 Å². The van der Waals surface area contributed by atoms with Crippen LogP contribution in [0.4, 0.5) is 5.69 Å². The molecule has 88 valence electrons. The van der Waals surface area contributed by atoms with Gasteiger partial charge in [-0.05, 0) is 11.6 Å². The Hall–Kier alpha value is -1.29. The first-order valence-electron chi connectivity index (χ1n) is 5.76. The van der Waals surface area contributed by atoms with Gasteiger partial charge in [0.15, 0.2) is 0 Å². The third-order valence-electron chi connectivity index (χ3n) is 3.38. The maximum Gasteiger partial charge on any atom is 0.231 e. The molecule has 0 bridgehead atoms. The summed E-state index contributed by atoms with van der Waals surface area (Å²) in [7, 11) is 0. The van der Waals surface area contributed by atoms with Crippen molar-refractivity contribution in [2.75, 3.05) is 10.7 Å². The predicted octanol–water partition coefficient (Wildman–Crippen LogP) is 1.85. The molecule has 0 N–H and O–H groups in total. The van der Waals surface area contributed by atoms with Crippen LogP contribution < -0.4 is 4.90 Å². The summed E-state index contributed by atoms with van der Waals surface area (Å²) in [4.78, 5) is 26.0. The van der Waals surface area contributed by atoms with Crippen LogP contribution in [-0.2, 0) is 16.0 Å². The molecule has 3 nitrogen and oxygen atoms in total. The van der Waals surface area contributed by atoms with Crippen LogP contribution in [0.15, 0.2) is 24.3 Å². The summed E-state index contributed by atoms with van der Waals surface area (Å²) in [5, 5.41) is 0.124. The molecular weight excluding hydrogens is 234 g/mol. The fourth-order valence-corrected chi connectivity index (χ4v) is 3.40. The van der Waals surface area contributed by atoms with Gasteiger partial charge in [-0.3, -0.25) is 9.59 Å². The maximum absolute atomic E-state index is 12.3. The van der Waals surface area contributed by atoms with E-state index in [0.717, 1.165) is 11.3 Å². The number of carbonyl (C=O) groups excluding carboxylic acids is 2. The molecule has 1 aromatic rings. The lowest BCUT2D eigenvalue weighted by molar-refractivity contribution is -0.123. The first-order chi connectivity index (χ1) is 8.18. The molecule has 0 saturated carbocycles. The zero-order chi connectivity index (χ0) is 12.0. The SMILES string of the molecule is C[C@H]1CSC(=O)C2Cc3ccccc3N2C1=O. The second-order valence-electron chi connectivity index (χ2n) is 4.59. The highest BCUT2D eigenvalue weighted by Crippen LogP contribution is 2.37. The highest BCUT2D eigenvalue weighted by Gasteiger charge is 2.42. The van der Waals surface area contributed by atoms with Crippen molar-refractivity contribution in [3.05, 3.63) is 29.8 Å². The average Bonchev–Trinajstić information content (AvgIpc) is 2.69. The summed E-state index contributed by atoms with van der Waals surface area (Å²) in [6.07, 6.45) is 0.667. The van der Waals surface area contributed by atoms with Gasteiger partial charge >= 0.3 is 0 Å². The lowest BCUT2D eigenvalue weighted by Crippen LogP contribution is -2.42. The minimum atomic E-state index is -0.283. The van der Waals surface area contributed by atoms with E-state index in [2.05, 4.69) is 0 Å². The van der Waals surface area contributed by atoms with E-state index < -0.39 is 0 Å². The van der Waals surface area contributed by atoms with Crippen LogP contribution in [0.3, 0.4) is 0 Å². The molecule has 2 atom stereocenters. The van der Waals surface area contributed by atoms with Gasteiger partial charge < -0.3 is 4.90 Å². The van der Waals surface area contributed by atoms with E-state index in [1.165, 1.54) is 11.8 Å².